The fourth-order valence-corrected chi connectivity index (χ4v) is 1.90. The van der Waals surface area contributed by atoms with Crippen LogP contribution >= 0.6 is 0 Å². The molecule has 0 spiro atoms. The van der Waals surface area contributed by atoms with Crippen LogP contribution < -0.4 is 0 Å². The summed E-state index contributed by atoms with van der Waals surface area (Å²) in [5.74, 6) is 0.0456. The van der Waals surface area contributed by atoms with E-state index in [0.29, 0.717) is 11.0 Å². The zero-order valence-electron chi connectivity index (χ0n) is 8.66. The molecule has 1 aromatic carbocycles. The number of rotatable bonds is 3. The number of aromatic hydroxyl groups is 1. The highest BCUT2D eigenvalue weighted by Gasteiger charge is 2.09. The van der Waals surface area contributed by atoms with Crippen LogP contribution in [0.2, 0.25) is 0 Å². The van der Waals surface area contributed by atoms with Gasteiger partial charge in [0.1, 0.15) is 15.6 Å². The van der Waals surface area contributed by atoms with Crippen LogP contribution in [0, 0.1) is 0 Å². The molecule has 0 saturated heterocycles. The minimum absolute atomic E-state index is 0.00111. The Kier molecular flexibility index (Phi) is 2.55. The highest BCUT2D eigenvalue weighted by atomic mass is 32.2. The van der Waals surface area contributed by atoms with Crippen LogP contribution in [0.25, 0.3) is 11.0 Å². The number of aromatic nitrogens is 3. The van der Waals surface area contributed by atoms with Gasteiger partial charge in [-0.15, -0.1) is 5.10 Å². The van der Waals surface area contributed by atoms with Crippen LogP contribution in [-0.4, -0.2) is 40.5 Å². The van der Waals surface area contributed by atoms with Crippen LogP contribution in [0.15, 0.2) is 18.2 Å². The molecule has 0 atom stereocenters. The predicted octanol–water partition coefficient (Wildman–Crippen LogP) is 0.181. The van der Waals surface area contributed by atoms with Crippen molar-refractivity contribution < 1.29 is 13.5 Å². The van der Waals surface area contributed by atoms with Gasteiger partial charge >= 0.3 is 0 Å². The molecule has 1 aromatic heterocycles. The lowest BCUT2D eigenvalue weighted by Crippen LogP contribution is -2.12. The topological polar surface area (TPSA) is 85.1 Å². The van der Waals surface area contributed by atoms with E-state index in [2.05, 4.69) is 10.3 Å². The van der Waals surface area contributed by atoms with E-state index < -0.39 is 9.84 Å². The summed E-state index contributed by atoms with van der Waals surface area (Å²) in [5.41, 5.74) is 1.01. The Bertz CT molecular complexity index is 618. The van der Waals surface area contributed by atoms with Crippen molar-refractivity contribution in [1.82, 2.24) is 15.0 Å². The summed E-state index contributed by atoms with van der Waals surface area (Å²) in [5, 5.41) is 17.1. The SMILES string of the molecule is CS(=O)(=O)CCn1nnc2c(O)cccc21. The Morgan fingerprint density at radius 2 is 2.19 bits per heavy atom. The van der Waals surface area contributed by atoms with Gasteiger partial charge in [-0.2, -0.15) is 0 Å². The summed E-state index contributed by atoms with van der Waals surface area (Å²) in [6.07, 6.45) is 1.17. The zero-order chi connectivity index (χ0) is 11.8. The van der Waals surface area contributed by atoms with E-state index in [9.17, 15) is 13.5 Å². The third kappa shape index (κ3) is 2.13. The van der Waals surface area contributed by atoms with Crippen molar-refractivity contribution in [3.8, 4) is 5.75 Å². The summed E-state index contributed by atoms with van der Waals surface area (Å²) in [6.45, 7) is 0.235. The Hall–Kier alpha value is -1.63. The van der Waals surface area contributed by atoms with Crippen molar-refractivity contribution in [3.05, 3.63) is 18.2 Å². The second-order valence-electron chi connectivity index (χ2n) is 3.59. The first-order valence-electron chi connectivity index (χ1n) is 4.66. The number of phenols is 1. The van der Waals surface area contributed by atoms with Crippen LogP contribution in [-0.2, 0) is 16.4 Å². The van der Waals surface area contributed by atoms with Gasteiger partial charge in [0.05, 0.1) is 17.8 Å². The summed E-state index contributed by atoms with van der Waals surface area (Å²) in [7, 11) is -3.03. The molecule has 6 nitrogen and oxygen atoms in total. The largest absolute Gasteiger partial charge is 0.506 e. The Morgan fingerprint density at radius 3 is 2.88 bits per heavy atom. The molecule has 86 valence electrons. The molecular weight excluding hydrogens is 230 g/mol. The molecule has 0 unspecified atom stereocenters. The summed E-state index contributed by atoms with van der Waals surface area (Å²) in [6, 6.07) is 4.91. The lowest BCUT2D eigenvalue weighted by Gasteiger charge is -2.00. The number of sulfone groups is 1. The molecule has 1 N–H and O–H groups in total. The first kappa shape index (κ1) is 10.9. The second kappa shape index (κ2) is 3.75. The fourth-order valence-electron chi connectivity index (χ4n) is 1.39. The van der Waals surface area contributed by atoms with Crippen molar-refractivity contribution in [2.24, 2.45) is 0 Å². The van der Waals surface area contributed by atoms with Crippen molar-refractivity contribution in [1.29, 1.82) is 0 Å². The van der Waals surface area contributed by atoms with E-state index in [0.717, 1.165) is 0 Å². The molecule has 1 heterocycles. The van der Waals surface area contributed by atoms with E-state index in [1.807, 2.05) is 0 Å². The molecule has 2 rings (SSSR count). The average Bonchev–Trinajstić information content (AvgIpc) is 2.58. The molecule has 0 bridgehead atoms. The van der Waals surface area contributed by atoms with E-state index in [1.54, 1.807) is 12.1 Å². The first-order valence-corrected chi connectivity index (χ1v) is 6.72. The van der Waals surface area contributed by atoms with E-state index in [1.165, 1.54) is 17.0 Å². The number of nitrogens with zero attached hydrogens (tertiary/aromatic N) is 3. The van der Waals surface area contributed by atoms with Crippen molar-refractivity contribution in [3.63, 3.8) is 0 Å². The Labute approximate surface area is 92.4 Å². The molecule has 16 heavy (non-hydrogen) atoms. The highest BCUT2D eigenvalue weighted by molar-refractivity contribution is 7.90. The maximum atomic E-state index is 11.0. The van der Waals surface area contributed by atoms with E-state index in [4.69, 9.17) is 0 Å². The molecular formula is C9H11N3O3S. The lowest BCUT2D eigenvalue weighted by molar-refractivity contribution is 0.480. The van der Waals surface area contributed by atoms with Gasteiger partial charge in [0.2, 0.25) is 0 Å². The summed E-state index contributed by atoms with van der Waals surface area (Å²) in [4.78, 5) is 0. The minimum atomic E-state index is -3.03. The molecule has 7 heteroatoms. The van der Waals surface area contributed by atoms with Gasteiger partial charge < -0.3 is 5.11 Å². The molecule has 0 aliphatic carbocycles. The Balaban J connectivity index is 2.36. The number of fused-ring (bicyclic) bond motifs is 1. The third-order valence-electron chi connectivity index (χ3n) is 2.20. The number of aryl methyl sites for hydroxylation is 1. The monoisotopic (exact) mass is 241 g/mol. The summed E-state index contributed by atoms with van der Waals surface area (Å²) >= 11 is 0. The van der Waals surface area contributed by atoms with Gasteiger partial charge in [-0.1, -0.05) is 11.3 Å². The number of benzene rings is 1. The van der Waals surface area contributed by atoms with E-state index >= 15 is 0 Å². The molecule has 0 radical (unpaired) electrons. The Morgan fingerprint density at radius 1 is 1.44 bits per heavy atom. The second-order valence-corrected chi connectivity index (χ2v) is 5.85. The highest BCUT2D eigenvalue weighted by Crippen LogP contribution is 2.21. The number of phenolic OH excluding ortho intramolecular Hbond substituents is 1. The number of hydrogen-bond acceptors (Lipinski definition) is 5. The fraction of sp³-hybridized carbons (Fsp3) is 0.333. The van der Waals surface area contributed by atoms with Crippen LogP contribution in [0.4, 0.5) is 0 Å². The smallest absolute Gasteiger partial charge is 0.154 e. The van der Waals surface area contributed by atoms with Crippen molar-refractivity contribution in [2.45, 2.75) is 6.54 Å². The molecule has 0 aliphatic rings. The number of hydrogen-bond donors (Lipinski definition) is 1. The molecule has 0 fully saturated rings. The average molecular weight is 241 g/mol. The maximum Gasteiger partial charge on any atom is 0.154 e. The predicted molar refractivity (Wildman–Crippen MR) is 58.9 cm³/mol. The third-order valence-corrected chi connectivity index (χ3v) is 3.12. The van der Waals surface area contributed by atoms with Gasteiger partial charge in [0, 0.05) is 6.26 Å². The van der Waals surface area contributed by atoms with E-state index in [-0.39, 0.29) is 18.0 Å². The molecule has 0 aliphatic heterocycles. The zero-order valence-corrected chi connectivity index (χ0v) is 9.48. The van der Waals surface area contributed by atoms with Gasteiger partial charge in [-0.25, -0.2) is 13.1 Å². The van der Waals surface area contributed by atoms with Crippen molar-refractivity contribution >= 4 is 20.9 Å². The molecule has 0 amide bonds. The van der Waals surface area contributed by atoms with Gasteiger partial charge in [0.15, 0.2) is 5.52 Å². The first-order chi connectivity index (χ1) is 7.47. The minimum Gasteiger partial charge on any atom is -0.506 e. The van der Waals surface area contributed by atoms with Gasteiger partial charge in [-0.05, 0) is 12.1 Å². The van der Waals surface area contributed by atoms with Gasteiger partial charge in [-0.3, -0.25) is 0 Å². The van der Waals surface area contributed by atoms with Crippen LogP contribution in [0.3, 0.4) is 0 Å². The van der Waals surface area contributed by atoms with Gasteiger partial charge in [0.25, 0.3) is 0 Å². The normalized spacial score (nSPS) is 12.1. The standard InChI is InChI=1S/C9H11N3O3S/c1-16(14,15)6-5-12-7-3-2-4-8(13)9(7)10-11-12/h2-4,13H,5-6H2,1H3. The summed E-state index contributed by atoms with van der Waals surface area (Å²) < 4.78 is 23.5. The molecule has 2 aromatic rings. The maximum absolute atomic E-state index is 11.0. The van der Waals surface area contributed by atoms with Crippen LogP contribution in [0.5, 0.6) is 5.75 Å². The molecule has 0 saturated carbocycles. The lowest BCUT2D eigenvalue weighted by atomic mass is 10.3. The van der Waals surface area contributed by atoms with Crippen LogP contribution in [0.1, 0.15) is 0 Å². The quantitative estimate of drug-likeness (QED) is 0.828. The van der Waals surface area contributed by atoms with Crippen molar-refractivity contribution in [2.75, 3.05) is 12.0 Å².